The van der Waals surface area contributed by atoms with Gasteiger partial charge in [-0.25, -0.2) is 0 Å². The zero-order valence-electron chi connectivity index (χ0n) is 6.54. The van der Waals surface area contributed by atoms with E-state index in [9.17, 15) is 12.9 Å². The van der Waals surface area contributed by atoms with Gasteiger partial charge in [-0.1, -0.05) is 0 Å². The fourth-order valence-corrected chi connectivity index (χ4v) is 0. The molecule has 0 rings (SSSR count). The summed E-state index contributed by atoms with van der Waals surface area (Å²) < 4.78 is 60.6. The number of halogens is 3. The second-order valence-corrected chi connectivity index (χ2v) is 2.30. The Hall–Kier alpha value is 0.322. The predicted octanol–water partition coefficient (Wildman–Crippen LogP) is 0.820. The van der Waals surface area contributed by atoms with Gasteiger partial charge >= 0.3 is 47.7 Å². The molecule has 0 atom stereocenters. The fraction of sp³-hybridized carbons (Fsp3) is 1.00. The van der Waals surface area contributed by atoms with Crippen LogP contribution in [0.25, 0.3) is 0 Å². The molecule has 0 aliphatic carbocycles. The molecule has 4 nitrogen and oxygen atoms in total. The Kier molecular flexibility index (Phi) is 17.2. The molecule has 0 aromatic carbocycles. The van der Waals surface area contributed by atoms with Crippen LogP contribution in [0.3, 0.4) is 0 Å². The molecule has 0 unspecified atom stereocenters. The van der Waals surface area contributed by atoms with Crippen LogP contribution in [0.5, 0.6) is 0 Å². The molecule has 12 heavy (non-hydrogen) atoms. The van der Waals surface area contributed by atoms with Crippen LogP contribution < -0.4 is 0 Å². The maximum absolute atomic E-state index is 9.67. The van der Waals surface area contributed by atoms with Gasteiger partial charge in [0.25, 0.3) is 0 Å². The Morgan fingerprint density at radius 1 is 1.33 bits per heavy atom. The van der Waals surface area contributed by atoms with E-state index in [1.807, 2.05) is 0 Å². The Bertz CT molecular complexity index is 151. The van der Waals surface area contributed by atoms with Crippen molar-refractivity contribution in [2.75, 3.05) is 0 Å². The second kappa shape index (κ2) is 11.3. The molecule has 70 valence electrons. The molecule has 0 aliphatic rings. The van der Waals surface area contributed by atoms with E-state index in [4.69, 9.17) is 17.5 Å². The van der Waals surface area contributed by atoms with Crippen LogP contribution >= 0.6 is 0 Å². The van der Waals surface area contributed by atoms with Gasteiger partial charge < -0.3 is 0 Å². The molecular weight excluding hydrogens is 195 g/mol. The molecule has 0 heterocycles. The Balaban J connectivity index is -0.000000105. The van der Waals surface area contributed by atoms with Gasteiger partial charge in [-0.05, 0) is 0 Å². The van der Waals surface area contributed by atoms with Gasteiger partial charge in [-0.3, -0.25) is 22.1 Å². The molecular formula is C2H7BF3LiO4S. The molecule has 0 radical (unpaired) electrons. The van der Waals surface area contributed by atoms with Gasteiger partial charge in [0.2, 0.25) is 0 Å². The van der Waals surface area contributed by atoms with Gasteiger partial charge in [-0.2, -0.15) is 8.42 Å². The standard InChI is InChI=1S/C2H5.BF3.Li.H2O4S/c1-2;2-1(3)4;;1-5(2,3)4/h1H2,2H3;;;(H2,1,2,3,4). The van der Waals surface area contributed by atoms with Crippen molar-refractivity contribution < 1.29 is 30.5 Å². The van der Waals surface area contributed by atoms with Crippen LogP contribution in [0.15, 0.2) is 0 Å². The molecule has 0 aliphatic heterocycles. The van der Waals surface area contributed by atoms with Crippen molar-refractivity contribution in [1.29, 1.82) is 0 Å². The van der Waals surface area contributed by atoms with Gasteiger partial charge in [-0.15, -0.1) is 0 Å². The molecule has 10 heteroatoms. The number of rotatable bonds is 0. The van der Waals surface area contributed by atoms with Crippen molar-refractivity contribution in [3.8, 4) is 0 Å². The van der Waals surface area contributed by atoms with E-state index < -0.39 is 17.9 Å². The van der Waals surface area contributed by atoms with Crippen LogP contribution in [0, 0.1) is 0 Å². The van der Waals surface area contributed by atoms with Crippen LogP contribution in [0.1, 0.15) is 6.92 Å². The van der Waals surface area contributed by atoms with Crippen LogP contribution in [-0.2, 0) is 10.4 Å². The molecule has 0 aromatic heterocycles. The van der Waals surface area contributed by atoms with Crippen LogP contribution in [0.4, 0.5) is 12.9 Å². The summed E-state index contributed by atoms with van der Waals surface area (Å²) in [5.41, 5.74) is 0. The van der Waals surface area contributed by atoms with E-state index in [1.54, 1.807) is 0 Å². The van der Waals surface area contributed by atoms with Crippen molar-refractivity contribution in [3.63, 3.8) is 0 Å². The summed E-state index contributed by atoms with van der Waals surface area (Å²) >= 11 is 2.12. The summed E-state index contributed by atoms with van der Waals surface area (Å²) in [6.07, 6.45) is 0. The monoisotopic (exact) mass is 202 g/mol. The average Bonchev–Trinajstić information content (AvgIpc) is 1.56. The molecule has 0 bridgehead atoms. The van der Waals surface area contributed by atoms with Crippen molar-refractivity contribution in [2.45, 2.75) is 12.0 Å². The maximum atomic E-state index is 9.67. The molecule has 0 saturated heterocycles. The van der Waals surface area contributed by atoms with Crippen LogP contribution in [0.2, 0.25) is 5.09 Å². The summed E-state index contributed by atoms with van der Waals surface area (Å²) in [6, 6.07) is 0. The summed E-state index contributed by atoms with van der Waals surface area (Å²) in [7, 11) is -8.33. The molecule has 0 fully saturated rings. The van der Waals surface area contributed by atoms with Crippen molar-refractivity contribution >= 4 is 35.7 Å². The first-order chi connectivity index (χ1) is 5.15. The molecule has 0 saturated carbocycles. The normalized spacial score (nSPS) is 8.67. The van der Waals surface area contributed by atoms with E-state index in [2.05, 4.69) is 24.6 Å². The summed E-state index contributed by atoms with van der Waals surface area (Å²) in [6.45, 7) is 2.12. The topological polar surface area (TPSA) is 74.6 Å². The predicted molar refractivity (Wildman–Crippen MR) is 39.5 cm³/mol. The summed E-state index contributed by atoms with van der Waals surface area (Å²) in [4.78, 5) is 0. The Labute approximate surface area is 78.5 Å². The molecule has 0 aromatic rings. The van der Waals surface area contributed by atoms with Gasteiger partial charge in [0.05, 0.1) is 0 Å². The van der Waals surface area contributed by atoms with E-state index >= 15 is 0 Å². The van der Waals surface area contributed by atoms with E-state index in [0.29, 0.717) is 0 Å². The van der Waals surface area contributed by atoms with Crippen LogP contribution in [-0.4, -0.2) is 42.8 Å². The van der Waals surface area contributed by atoms with E-state index in [1.165, 1.54) is 5.09 Å². The molecule has 2 N–H and O–H groups in total. The van der Waals surface area contributed by atoms with Gasteiger partial charge in [0.1, 0.15) is 0 Å². The average molecular weight is 202 g/mol. The summed E-state index contributed by atoms with van der Waals surface area (Å²) in [5.74, 6) is 0. The van der Waals surface area contributed by atoms with E-state index in [-0.39, 0.29) is 0 Å². The first-order valence-corrected chi connectivity index (χ1v) is 4.16. The quantitative estimate of drug-likeness (QED) is 0.450. The third kappa shape index (κ3) is 8630. The molecule has 0 spiro atoms. The third-order valence-electron chi connectivity index (χ3n) is 0. The number of hydrogen-bond donors (Lipinski definition) is 2. The van der Waals surface area contributed by atoms with Crippen molar-refractivity contribution in [3.05, 3.63) is 0 Å². The fourth-order valence-electron chi connectivity index (χ4n) is 0. The van der Waals surface area contributed by atoms with Gasteiger partial charge in [0.15, 0.2) is 0 Å². The summed E-state index contributed by atoms with van der Waals surface area (Å²) in [5, 5.41) is 1.25. The SMILES string of the molecule is FB(F)F.O=S(=O)(O)O.[Li][CH2]C. The Morgan fingerprint density at radius 3 is 1.33 bits per heavy atom. The van der Waals surface area contributed by atoms with Gasteiger partial charge in [0, 0.05) is 0 Å². The van der Waals surface area contributed by atoms with Crippen molar-refractivity contribution in [1.82, 2.24) is 0 Å². The molecule has 0 amide bonds. The van der Waals surface area contributed by atoms with E-state index in [0.717, 1.165) is 0 Å². The first-order valence-electron chi connectivity index (χ1n) is 2.77. The first kappa shape index (κ1) is 18.2. The van der Waals surface area contributed by atoms with Crippen molar-refractivity contribution in [2.24, 2.45) is 0 Å². The second-order valence-electron chi connectivity index (χ2n) is 1.40. The minimum absolute atomic E-state index is 1.25. The third-order valence-corrected chi connectivity index (χ3v) is 0. The minimum atomic E-state index is -4.67. The number of hydrogen-bond acceptors (Lipinski definition) is 2. The zero-order chi connectivity index (χ0) is 10.8. The Morgan fingerprint density at radius 2 is 1.33 bits per heavy atom. The zero-order valence-corrected chi connectivity index (χ0v) is 7.35.